The standard InChI is InChI=1S/C14H20ClNO/c1-11(9-15)10-16-14(17)8-7-13-6-4-3-5-12(13)2/h3-6,11H,7-10H2,1-2H3,(H,16,17). The van der Waals surface area contributed by atoms with E-state index in [2.05, 4.69) is 24.4 Å². The number of hydrogen-bond donors (Lipinski definition) is 1. The van der Waals surface area contributed by atoms with Gasteiger partial charge >= 0.3 is 0 Å². The maximum absolute atomic E-state index is 11.6. The Kier molecular flexibility index (Phi) is 6.06. The number of carbonyl (C=O) groups excluding carboxylic acids is 1. The first-order valence-electron chi connectivity index (χ1n) is 6.00. The summed E-state index contributed by atoms with van der Waals surface area (Å²) in [6, 6.07) is 8.17. The van der Waals surface area contributed by atoms with Crippen molar-refractivity contribution in [3.8, 4) is 0 Å². The fourth-order valence-electron chi connectivity index (χ4n) is 1.57. The van der Waals surface area contributed by atoms with Crippen LogP contribution < -0.4 is 5.32 Å². The lowest BCUT2D eigenvalue weighted by atomic mass is 10.0. The van der Waals surface area contributed by atoms with Crippen LogP contribution in [0.5, 0.6) is 0 Å². The number of amides is 1. The molecule has 0 fully saturated rings. The quantitative estimate of drug-likeness (QED) is 0.776. The molecule has 3 heteroatoms. The van der Waals surface area contributed by atoms with Gasteiger partial charge < -0.3 is 5.32 Å². The molecule has 94 valence electrons. The highest BCUT2D eigenvalue weighted by Crippen LogP contribution is 2.09. The molecule has 1 amide bonds. The summed E-state index contributed by atoms with van der Waals surface area (Å²) in [5.74, 6) is 1.02. The first kappa shape index (κ1) is 14.0. The third kappa shape index (κ3) is 5.22. The van der Waals surface area contributed by atoms with Crippen molar-refractivity contribution in [1.82, 2.24) is 5.32 Å². The van der Waals surface area contributed by atoms with E-state index in [1.807, 2.05) is 19.1 Å². The van der Waals surface area contributed by atoms with Crippen molar-refractivity contribution in [3.05, 3.63) is 35.4 Å². The molecule has 1 atom stereocenters. The van der Waals surface area contributed by atoms with Crippen LogP contribution in [0.4, 0.5) is 0 Å². The maximum Gasteiger partial charge on any atom is 0.220 e. The molecule has 0 aliphatic rings. The molecule has 0 heterocycles. The largest absolute Gasteiger partial charge is 0.356 e. The second kappa shape index (κ2) is 7.33. The molecule has 0 aromatic heterocycles. The Bertz CT molecular complexity index is 365. The summed E-state index contributed by atoms with van der Waals surface area (Å²) in [5.41, 5.74) is 2.49. The van der Waals surface area contributed by atoms with E-state index in [1.165, 1.54) is 11.1 Å². The van der Waals surface area contributed by atoms with E-state index in [-0.39, 0.29) is 5.91 Å². The Balaban J connectivity index is 2.31. The summed E-state index contributed by atoms with van der Waals surface area (Å²) in [4.78, 5) is 11.6. The van der Waals surface area contributed by atoms with Gasteiger partial charge in [0.25, 0.3) is 0 Å². The van der Waals surface area contributed by atoms with Crippen LogP contribution in [0.2, 0.25) is 0 Å². The maximum atomic E-state index is 11.6. The Morgan fingerprint density at radius 3 is 2.76 bits per heavy atom. The molecule has 1 N–H and O–H groups in total. The lowest BCUT2D eigenvalue weighted by Gasteiger charge is -2.10. The molecular formula is C14H20ClNO. The molecule has 0 spiro atoms. The minimum Gasteiger partial charge on any atom is -0.356 e. The third-order valence-corrected chi connectivity index (χ3v) is 3.32. The summed E-state index contributed by atoms with van der Waals surface area (Å²) in [5, 5.41) is 2.90. The number of halogens is 1. The van der Waals surface area contributed by atoms with Gasteiger partial charge in [-0.15, -0.1) is 11.6 Å². The molecule has 1 aromatic rings. The molecule has 0 radical (unpaired) electrons. The van der Waals surface area contributed by atoms with Crippen molar-refractivity contribution in [3.63, 3.8) is 0 Å². The summed E-state index contributed by atoms with van der Waals surface area (Å²) in [6.45, 7) is 4.76. The predicted octanol–water partition coefficient (Wildman–Crippen LogP) is 2.92. The number of alkyl halides is 1. The average molecular weight is 254 g/mol. The van der Waals surface area contributed by atoms with Gasteiger partial charge in [0.1, 0.15) is 0 Å². The van der Waals surface area contributed by atoms with E-state index in [4.69, 9.17) is 11.6 Å². The van der Waals surface area contributed by atoms with Crippen LogP contribution in [0.15, 0.2) is 24.3 Å². The lowest BCUT2D eigenvalue weighted by molar-refractivity contribution is -0.121. The Morgan fingerprint density at radius 1 is 1.41 bits per heavy atom. The number of benzene rings is 1. The highest BCUT2D eigenvalue weighted by Gasteiger charge is 2.05. The molecule has 1 rings (SSSR count). The SMILES string of the molecule is Cc1ccccc1CCC(=O)NCC(C)CCl. The summed E-state index contributed by atoms with van der Waals surface area (Å²) in [7, 11) is 0. The number of nitrogens with one attached hydrogen (secondary N) is 1. The number of carbonyl (C=O) groups is 1. The minimum absolute atomic E-state index is 0.102. The zero-order valence-electron chi connectivity index (χ0n) is 10.5. The second-order valence-corrected chi connectivity index (χ2v) is 4.80. The molecular weight excluding hydrogens is 234 g/mol. The van der Waals surface area contributed by atoms with E-state index in [0.29, 0.717) is 24.8 Å². The van der Waals surface area contributed by atoms with Crippen LogP contribution >= 0.6 is 11.6 Å². The van der Waals surface area contributed by atoms with Crippen LogP contribution in [0, 0.1) is 12.8 Å². The molecule has 1 unspecified atom stereocenters. The van der Waals surface area contributed by atoms with Gasteiger partial charge in [-0.2, -0.15) is 0 Å². The van der Waals surface area contributed by atoms with Crippen LogP contribution in [-0.2, 0) is 11.2 Å². The van der Waals surface area contributed by atoms with Gasteiger partial charge in [0, 0.05) is 18.8 Å². The molecule has 0 saturated heterocycles. The fourth-order valence-corrected chi connectivity index (χ4v) is 1.68. The number of rotatable bonds is 6. The van der Waals surface area contributed by atoms with Crippen LogP contribution in [-0.4, -0.2) is 18.3 Å². The first-order valence-corrected chi connectivity index (χ1v) is 6.54. The van der Waals surface area contributed by atoms with E-state index < -0.39 is 0 Å². The molecule has 1 aromatic carbocycles. The second-order valence-electron chi connectivity index (χ2n) is 4.49. The number of hydrogen-bond acceptors (Lipinski definition) is 1. The van der Waals surface area contributed by atoms with Crippen molar-refractivity contribution in [2.45, 2.75) is 26.7 Å². The van der Waals surface area contributed by atoms with E-state index in [9.17, 15) is 4.79 Å². The van der Waals surface area contributed by atoms with Gasteiger partial charge in [0.2, 0.25) is 5.91 Å². The van der Waals surface area contributed by atoms with Gasteiger partial charge in [-0.1, -0.05) is 31.2 Å². The van der Waals surface area contributed by atoms with Crippen molar-refractivity contribution in [1.29, 1.82) is 0 Å². The fraction of sp³-hybridized carbons (Fsp3) is 0.500. The Labute approximate surface area is 108 Å². The van der Waals surface area contributed by atoms with Gasteiger partial charge in [-0.25, -0.2) is 0 Å². The summed E-state index contributed by atoms with van der Waals surface area (Å²) >= 11 is 5.68. The molecule has 0 aliphatic heterocycles. The van der Waals surface area contributed by atoms with Gasteiger partial charge in [0.05, 0.1) is 0 Å². The third-order valence-electron chi connectivity index (χ3n) is 2.79. The molecule has 17 heavy (non-hydrogen) atoms. The van der Waals surface area contributed by atoms with Crippen LogP contribution in [0.3, 0.4) is 0 Å². The van der Waals surface area contributed by atoms with Gasteiger partial charge in [-0.05, 0) is 30.4 Å². The summed E-state index contributed by atoms with van der Waals surface area (Å²) in [6.07, 6.45) is 1.34. The highest BCUT2D eigenvalue weighted by molar-refractivity contribution is 6.18. The topological polar surface area (TPSA) is 29.1 Å². The van der Waals surface area contributed by atoms with Crippen molar-refractivity contribution in [2.24, 2.45) is 5.92 Å². The van der Waals surface area contributed by atoms with Crippen LogP contribution in [0.1, 0.15) is 24.5 Å². The van der Waals surface area contributed by atoms with E-state index in [1.54, 1.807) is 0 Å². The van der Waals surface area contributed by atoms with Gasteiger partial charge in [-0.3, -0.25) is 4.79 Å². The lowest BCUT2D eigenvalue weighted by Crippen LogP contribution is -2.29. The summed E-state index contributed by atoms with van der Waals surface area (Å²) < 4.78 is 0. The van der Waals surface area contributed by atoms with E-state index >= 15 is 0 Å². The molecule has 0 bridgehead atoms. The molecule has 0 saturated carbocycles. The smallest absolute Gasteiger partial charge is 0.220 e. The monoisotopic (exact) mass is 253 g/mol. The molecule has 2 nitrogen and oxygen atoms in total. The molecule has 0 aliphatic carbocycles. The normalized spacial score (nSPS) is 12.2. The predicted molar refractivity (Wildman–Crippen MR) is 72.4 cm³/mol. The van der Waals surface area contributed by atoms with E-state index in [0.717, 1.165) is 6.42 Å². The Morgan fingerprint density at radius 2 is 2.12 bits per heavy atom. The zero-order chi connectivity index (χ0) is 12.7. The van der Waals surface area contributed by atoms with Crippen LogP contribution in [0.25, 0.3) is 0 Å². The first-order chi connectivity index (χ1) is 8.13. The van der Waals surface area contributed by atoms with Crippen molar-refractivity contribution < 1.29 is 4.79 Å². The number of aryl methyl sites for hydroxylation is 2. The minimum atomic E-state index is 0.102. The van der Waals surface area contributed by atoms with Crippen molar-refractivity contribution >= 4 is 17.5 Å². The zero-order valence-corrected chi connectivity index (χ0v) is 11.3. The highest BCUT2D eigenvalue weighted by atomic mass is 35.5. The van der Waals surface area contributed by atoms with Gasteiger partial charge in [0.15, 0.2) is 0 Å². The van der Waals surface area contributed by atoms with Crippen molar-refractivity contribution in [2.75, 3.05) is 12.4 Å². The Hall–Kier alpha value is -1.02. The average Bonchev–Trinajstić information content (AvgIpc) is 2.35.